The molecule has 1 aromatic heterocycles. The lowest BCUT2D eigenvalue weighted by molar-refractivity contribution is -0.115. The number of carbonyl (C=O) groups is 3. The minimum absolute atomic E-state index is 0.0176. The summed E-state index contributed by atoms with van der Waals surface area (Å²) in [4.78, 5) is 40.2. The fraction of sp³-hybridized carbons (Fsp3) is 0.100. The van der Waals surface area contributed by atoms with Crippen molar-refractivity contribution in [2.75, 3.05) is 17.7 Å². The number of hydrogen-bond acceptors (Lipinski definition) is 5. The molecule has 0 radical (unpaired) electrons. The molecule has 0 saturated heterocycles. The zero-order valence-electron chi connectivity index (χ0n) is 15.4. The van der Waals surface area contributed by atoms with Crippen LogP contribution in [-0.2, 0) is 11.2 Å². The van der Waals surface area contributed by atoms with E-state index in [1.54, 1.807) is 35.7 Å². The molecule has 3 N–H and O–H groups in total. The van der Waals surface area contributed by atoms with E-state index in [9.17, 15) is 18.8 Å². The smallest absolute Gasteiger partial charge is 0.260 e. The normalized spacial score (nSPS) is 10.3. The number of hydrogen-bond donors (Lipinski definition) is 3. The molecule has 29 heavy (non-hydrogen) atoms. The van der Waals surface area contributed by atoms with E-state index in [0.717, 1.165) is 11.3 Å². The molecule has 0 aliphatic carbocycles. The first-order valence-electron chi connectivity index (χ1n) is 8.58. The van der Waals surface area contributed by atoms with Crippen LogP contribution in [0.4, 0.5) is 15.2 Å². The van der Waals surface area contributed by atoms with E-state index in [1.165, 1.54) is 25.2 Å². The average Bonchev–Trinajstić information content (AvgIpc) is 3.14. The Hall–Kier alpha value is -3.59. The first kappa shape index (κ1) is 20.2. The van der Waals surface area contributed by atoms with Gasteiger partial charge in [-0.3, -0.25) is 19.7 Å². The largest absolute Gasteiger partial charge is 0.355 e. The van der Waals surface area contributed by atoms with Gasteiger partial charge < -0.3 is 10.6 Å². The van der Waals surface area contributed by atoms with E-state index >= 15 is 0 Å². The van der Waals surface area contributed by atoms with Crippen LogP contribution in [-0.4, -0.2) is 29.8 Å². The Morgan fingerprint density at radius 2 is 1.83 bits per heavy atom. The monoisotopic (exact) mass is 412 g/mol. The number of nitrogens with one attached hydrogen (secondary N) is 3. The van der Waals surface area contributed by atoms with Crippen molar-refractivity contribution in [2.24, 2.45) is 0 Å². The van der Waals surface area contributed by atoms with Gasteiger partial charge in [0.05, 0.1) is 17.7 Å². The molecule has 2 aromatic carbocycles. The van der Waals surface area contributed by atoms with Gasteiger partial charge in [0.25, 0.3) is 11.8 Å². The number of benzene rings is 2. The molecule has 0 saturated carbocycles. The van der Waals surface area contributed by atoms with Crippen molar-refractivity contribution < 1.29 is 18.8 Å². The van der Waals surface area contributed by atoms with Crippen molar-refractivity contribution in [3.05, 3.63) is 76.5 Å². The molecule has 1 heterocycles. The van der Waals surface area contributed by atoms with Gasteiger partial charge in [-0.15, -0.1) is 11.3 Å². The molecule has 0 unspecified atom stereocenters. The quantitative estimate of drug-likeness (QED) is 0.579. The van der Waals surface area contributed by atoms with Crippen LogP contribution < -0.4 is 16.0 Å². The summed E-state index contributed by atoms with van der Waals surface area (Å²) in [6.07, 6.45) is -0.0176. The fourth-order valence-corrected chi connectivity index (χ4v) is 3.21. The van der Waals surface area contributed by atoms with Crippen molar-refractivity contribution in [2.45, 2.75) is 6.42 Å². The van der Waals surface area contributed by atoms with Gasteiger partial charge in [-0.05, 0) is 30.3 Å². The van der Waals surface area contributed by atoms with Gasteiger partial charge >= 0.3 is 0 Å². The average molecular weight is 412 g/mol. The Labute approximate surface area is 170 Å². The predicted molar refractivity (Wildman–Crippen MR) is 109 cm³/mol. The van der Waals surface area contributed by atoms with Crippen LogP contribution in [0.25, 0.3) is 0 Å². The third-order valence-corrected chi connectivity index (χ3v) is 4.67. The standard InChI is InChI=1S/C20H17FN4O3S/c1-22-18(27)12-5-4-6-13(9-12)23-17(26)10-14-11-29-20(24-14)25-19(28)15-7-2-3-8-16(15)21/h2-9,11H,10H2,1H3,(H,22,27)(H,23,26)(H,24,25,28). The Kier molecular flexibility index (Phi) is 6.30. The van der Waals surface area contributed by atoms with E-state index in [4.69, 9.17) is 0 Å². The summed E-state index contributed by atoms with van der Waals surface area (Å²) in [6.45, 7) is 0. The van der Waals surface area contributed by atoms with E-state index in [1.807, 2.05) is 0 Å². The van der Waals surface area contributed by atoms with Crippen LogP contribution >= 0.6 is 11.3 Å². The van der Waals surface area contributed by atoms with Crippen molar-refractivity contribution in [3.8, 4) is 0 Å². The Morgan fingerprint density at radius 1 is 1.03 bits per heavy atom. The fourth-order valence-electron chi connectivity index (χ4n) is 2.51. The number of halogens is 1. The van der Waals surface area contributed by atoms with Gasteiger partial charge in [0.2, 0.25) is 5.91 Å². The van der Waals surface area contributed by atoms with Crippen LogP contribution in [0, 0.1) is 5.82 Å². The second kappa shape index (κ2) is 9.07. The van der Waals surface area contributed by atoms with Crippen LogP contribution in [0.5, 0.6) is 0 Å². The zero-order valence-corrected chi connectivity index (χ0v) is 16.2. The van der Waals surface area contributed by atoms with Gasteiger partial charge in [0.1, 0.15) is 5.82 Å². The maximum atomic E-state index is 13.7. The number of aromatic nitrogens is 1. The molecule has 0 spiro atoms. The molecule has 3 aromatic rings. The summed E-state index contributed by atoms with van der Waals surface area (Å²) in [5.41, 5.74) is 1.29. The highest BCUT2D eigenvalue weighted by Crippen LogP contribution is 2.18. The molecule has 3 rings (SSSR count). The molecule has 3 amide bonds. The molecule has 9 heteroatoms. The summed E-state index contributed by atoms with van der Waals surface area (Å²) in [5, 5.41) is 9.64. The summed E-state index contributed by atoms with van der Waals surface area (Å²) in [5.74, 6) is -1.81. The van der Waals surface area contributed by atoms with Crippen LogP contribution in [0.2, 0.25) is 0 Å². The van der Waals surface area contributed by atoms with Crippen molar-refractivity contribution >= 4 is 39.9 Å². The van der Waals surface area contributed by atoms with Gasteiger partial charge in [-0.25, -0.2) is 9.37 Å². The third-order valence-electron chi connectivity index (χ3n) is 3.87. The first-order chi connectivity index (χ1) is 14.0. The second-order valence-corrected chi connectivity index (χ2v) is 6.82. The van der Waals surface area contributed by atoms with E-state index < -0.39 is 11.7 Å². The Balaban J connectivity index is 1.60. The van der Waals surface area contributed by atoms with Crippen LogP contribution in [0.1, 0.15) is 26.4 Å². The number of rotatable bonds is 6. The summed E-state index contributed by atoms with van der Waals surface area (Å²) >= 11 is 1.14. The second-order valence-electron chi connectivity index (χ2n) is 5.96. The van der Waals surface area contributed by atoms with E-state index in [-0.39, 0.29) is 28.9 Å². The third kappa shape index (κ3) is 5.23. The topological polar surface area (TPSA) is 100 Å². The number of thiazole rings is 1. The lowest BCUT2D eigenvalue weighted by Gasteiger charge is -2.06. The molecule has 148 valence electrons. The van der Waals surface area contributed by atoms with E-state index in [0.29, 0.717) is 16.9 Å². The molecule has 0 atom stereocenters. The Bertz CT molecular complexity index is 1070. The summed E-state index contributed by atoms with van der Waals surface area (Å²) in [6, 6.07) is 12.2. The molecule has 0 aliphatic rings. The molecule has 0 fully saturated rings. The number of carbonyl (C=O) groups excluding carboxylic acids is 3. The number of anilines is 2. The lowest BCUT2D eigenvalue weighted by Crippen LogP contribution is -2.19. The minimum atomic E-state index is -0.625. The van der Waals surface area contributed by atoms with Gasteiger partial charge in [-0.2, -0.15) is 0 Å². The molecular weight excluding hydrogens is 395 g/mol. The highest BCUT2D eigenvalue weighted by Gasteiger charge is 2.14. The van der Waals surface area contributed by atoms with Crippen LogP contribution in [0.3, 0.4) is 0 Å². The number of amides is 3. The minimum Gasteiger partial charge on any atom is -0.355 e. The molecule has 7 nitrogen and oxygen atoms in total. The maximum absolute atomic E-state index is 13.7. The Morgan fingerprint density at radius 3 is 2.59 bits per heavy atom. The lowest BCUT2D eigenvalue weighted by atomic mass is 10.2. The summed E-state index contributed by atoms with van der Waals surface area (Å²) in [7, 11) is 1.53. The highest BCUT2D eigenvalue weighted by molar-refractivity contribution is 7.14. The molecular formula is C20H17FN4O3S. The van der Waals surface area contributed by atoms with E-state index in [2.05, 4.69) is 20.9 Å². The van der Waals surface area contributed by atoms with Gasteiger partial charge in [-0.1, -0.05) is 18.2 Å². The van der Waals surface area contributed by atoms with Crippen molar-refractivity contribution in [1.82, 2.24) is 10.3 Å². The van der Waals surface area contributed by atoms with Crippen molar-refractivity contribution in [1.29, 1.82) is 0 Å². The molecule has 0 bridgehead atoms. The maximum Gasteiger partial charge on any atom is 0.260 e. The zero-order chi connectivity index (χ0) is 20.8. The van der Waals surface area contributed by atoms with Crippen molar-refractivity contribution in [3.63, 3.8) is 0 Å². The van der Waals surface area contributed by atoms with Crippen LogP contribution in [0.15, 0.2) is 53.9 Å². The molecule has 0 aliphatic heterocycles. The predicted octanol–water partition coefficient (Wildman–Crippen LogP) is 3.08. The highest BCUT2D eigenvalue weighted by atomic mass is 32.1. The van der Waals surface area contributed by atoms with Gasteiger partial charge in [0.15, 0.2) is 5.13 Å². The first-order valence-corrected chi connectivity index (χ1v) is 9.46. The van der Waals surface area contributed by atoms with Gasteiger partial charge in [0, 0.05) is 23.7 Å². The number of nitrogens with zero attached hydrogens (tertiary/aromatic N) is 1. The summed E-state index contributed by atoms with van der Waals surface area (Å²) < 4.78 is 13.7. The SMILES string of the molecule is CNC(=O)c1cccc(NC(=O)Cc2csc(NC(=O)c3ccccc3F)n2)c1.